The summed E-state index contributed by atoms with van der Waals surface area (Å²) in [4.78, 5) is 4.00. The summed E-state index contributed by atoms with van der Waals surface area (Å²) in [5.74, 6) is 0.402. The van der Waals surface area contributed by atoms with Gasteiger partial charge in [-0.25, -0.2) is 4.98 Å². The molecule has 1 atom stereocenters. The molecule has 8 heteroatoms. The van der Waals surface area contributed by atoms with Crippen molar-refractivity contribution in [1.82, 2.24) is 4.98 Å². The minimum absolute atomic E-state index is 0.196. The van der Waals surface area contributed by atoms with Crippen molar-refractivity contribution in [3.8, 4) is 5.88 Å². The Morgan fingerprint density at radius 3 is 2.52 bits per heavy atom. The van der Waals surface area contributed by atoms with E-state index in [1.54, 1.807) is 31.2 Å². The Balaban J connectivity index is 2.13. The van der Waals surface area contributed by atoms with Crippen LogP contribution in [0.1, 0.15) is 16.7 Å². The Hall–Kier alpha value is -1.31. The minimum Gasteiger partial charge on any atom is -0.481 e. The summed E-state index contributed by atoms with van der Waals surface area (Å²) in [5, 5.41) is 0.444. The molecule has 2 aromatic rings. The number of aryl methyl sites for hydroxylation is 1. The molecule has 0 N–H and O–H groups in total. The second kappa shape index (κ2) is 8.38. The summed E-state index contributed by atoms with van der Waals surface area (Å²) < 4.78 is 50.7. The van der Waals surface area contributed by atoms with Gasteiger partial charge in [-0.1, -0.05) is 33.6 Å². The lowest BCUT2D eigenvalue weighted by molar-refractivity contribution is -0.223. The van der Waals surface area contributed by atoms with Gasteiger partial charge in [-0.2, -0.15) is 13.2 Å². The molecule has 0 saturated heterocycles. The van der Waals surface area contributed by atoms with E-state index in [1.807, 2.05) is 0 Å². The number of aromatic nitrogens is 1. The highest BCUT2D eigenvalue weighted by atomic mass is 79.9. The summed E-state index contributed by atoms with van der Waals surface area (Å²) in [6.45, 7) is 1.57. The predicted molar refractivity (Wildman–Crippen MR) is 93.0 cm³/mol. The minimum atomic E-state index is -4.49. The lowest BCUT2D eigenvalue weighted by Crippen LogP contribution is -2.33. The van der Waals surface area contributed by atoms with Crippen molar-refractivity contribution >= 4 is 27.5 Å². The van der Waals surface area contributed by atoms with Gasteiger partial charge in [0.25, 0.3) is 0 Å². The smallest absolute Gasteiger partial charge is 0.414 e. The molecule has 1 heterocycles. The zero-order chi connectivity index (χ0) is 18.6. The van der Waals surface area contributed by atoms with Crippen LogP contribution in [0.25, 0.3) is 0 Å². The molecule has 136 valence electrons. The summed E-state index contributed by atoms with van der Waals surface area (Å²) in [6.07, 6.45) is -5.29. The summed E-state index contributed by atoms with van der Waals surface area (Å²) >= 11 is 9.06. The lowest BCUT2D eigenvalue weighted by Gasteiger charge is -2.22. The third-order valence-electron chi connectivity index (χ3n) is 3.63. The third-order valence-corrected chi connectivity index (χ3v) is 4.60. The first-order valence-corrected chi connectivity index (χ1v) is 8.49. The molecule has 0 aliphatic carbocycles. The van der Waals surface area contributed by atoms with Crippen molar-refractivity contribution in [2.75, 3.05) is 7.11 Å². The van der Waals surface area contributed by atoms with Crippen LogP contribution in [0.5, 0.6) is 5.88 Å². The Morgan fingerprint density at radius 2 is 1.96 bits per heavy atom. The fourth-order valence-electron chi connectivity index (χ4n) is 2.17. The number of hydrogen-bond acceptors (Lipinski definition) is 3. The van der Waals surface area contributed by atoms with Crippen LogP contribution in [-0.4, -0.2) is 24.4 Å². The fraction of sp³-hybridized carbons (Fsp3) is 0.353. The van der Waals surface area contributed by atoms with Crippen molar-refractivity contribution in [3.05, 3.63) is 56.6 Å². The second-order valence-corrected chi connectivity index (χ2v) is 6.73. The van der Waals surface area contributed by atoms with Gasteiger partial charge in [0.05, 0.1) is 13.7 Å². The number of pyridine rings is 1. The van der Waals surface area contributed by atoms with E-state index in [-0.39, 0.29) is 13.0 Å². The maximum atomic E-state index is 13.3. The highest BCUT2D eigenvalue weighted by molar-refractivity contribution is 9.10. The molecule has 25 heavy (non-hydrogen) atoms. The molecule has 2 rings (SSSR count). The van der Waals surface area contributed by atoms with E-state index in [2.05, 4.69) is 20.9 Å². The van der Waals surface area contributed by atoms with Crippen LogP contribution in [-0.2, 0) is 17.8 Å². The number of halogens is 5. The number of nitrogens with zero attached hydrogens (tertiary/aromatic N) is 1. The first kappa shape index (κ1) is 20.0. The van der Waals surface area contributed by atoms with Gasteiger partial charge in [0.15, 0.2) is 6.10 Å². The first-order valence-electron chi connectivity index (χ1n) is 7.32. The third kappa shape index (κ3) is 5.59. The van der Waals surface area contributed by atoms with E-state index < -0.39 is 12.3 Å². The lowest BCUT2D eigenvalue weighted by atomic mass is 10.1. The zero-order valence-electron chi connectivity index (χ0n) is 13.5. The normalized spacial score (nSPS) is 12.9. The average molecular weight is 439 g/mol. The Labute approximate surface area is 157 Å². The van der Waals surface area contributed by atoms with E-state index in [1.165, 1.54) is 13.3 Å². The van der Waals surface area contributed by atoms with Gasteiger partial charge in [0.2, 0.25) is 5.88 Å². The quantitative estimate of drug-likeness (QED) is 0.596. The second-order valence-electron chi connectivity index (χ2n) is 5.43. The molecule has 0 bridgehead atoms. The van der Waals surface area contributed by atoms with E-state index in [0.29, 0.717) is 26.5 Å². The van der Waals surface area contributed by atoms with E-state index >= 15 is 0 Å². The number of benzene rings is 1. The van der Waals surface area contributed by atoms with Crippen LogP contribution in [0.3, 0.4) is 0 Å². The molecule has 0 spiro atoms. The van der Waals surface area contributed by atoms with Gasteiger partial charge in [0, 0.05) is 28.2 Å². The maximum Gasteiger partial charge on any atom is 0.414 e. The van der Waals surface area contributed by atoms with Gasteiger partial charge < -0.3 is 9.47 Å². The Morgan fingerprint density at radius 1 is 1.24 bits per heavy atom. The molecule has 0 fully saturated rings. The van der Waals surface area contributed by atoms with Crippen LogP contribution < -0.4 is 4.74 Å². The van der Waals surface area contributed by atoms with Crippen molar-refractivity contribution < 1.29 is 22.6 Å². The highest BCUT2D eigenvalue weighted by Crippen LogP contribution is 2.30. The molecule has 0 saturated carbocycles. The number of ether oxygens (including phenoxy) is 2. The monoisotopic (exact) mass is 437 g/mol. The Kier molecular flexibility index (Phi) is 6.71. The molecule has 0 radical (unpaired) electrons. The van der Waals surface area contributed by atoms with Gasteiger partial charge in [-0.3, -0.25) is 0 Å². The van der Waals surface area contributed by atoms with Crippen molar-refractivity contribution in [2.24, 2.45) is 0 Å². The molecule has 0 aliphatic heterocycles. The first-order chi connectivity index (χ1) is 11.7. The predicted octanol–water partition coefficient (Wildman–Crippen LogP) is 5.50. The molecular formula is C17H16BrClF3NO2. The summed E-state index contributed by atoms with van der Waals surface area (Å²) in [5.41, 5.74) is 1.79. The topological polar surface area (TPSA) is 31.4 Å². The maximum absolute atomic E-state index is 13.3. The van der Waals surface area contributed by atoms with Gasteiger partial charge in [-0.05, 0) is 35.7 Å². The van der Waals surface area contributed by atoms with E-state index in [4.69, 9.17) is 21.1 Å². The molecule has 1 unspecified atom stereocenters. The standard InChI is InChI=1S/C17H16BrClF3NO2/c1-10-5-16(24-2)23-8-12(10)9-25-15(17(20,21)22)6-11-3-4-13(19)7-14(11)18/h3-5,7-8,15H,6,9H2,1-2H3. The van der Waals surface area contributed by atoms with E-state index in [9.17, 15) is 13.2 Å². The van der Waals surface area contributed by atoms with E-state index in [0.717, 1.165) is 5.56 Å². The van der Waals surface area contributed by atoms with Crippen LogP contribution >= 0.6 is 27.5 Å². The largest absolute Gasteiger partial charge is 0.481 e. The number of methoxy groups -OCH3 is 1. The van der Waals surface area contributed by atoms with Crippen molar-refractivity contribution in [2.45, 2.75) is 32.2 Å². The molecule has 0 amide bonds. The van der Waals surface area contributed by atoms with Gasteiger partial charge in [0.1, 0.15) is 0 Å². The molecule has 0 aliphatic rings. The highest BCUT2D eigenvalue weighted by Gasteiger charge is 2.41. The molecule has 1 aromatic carbocycles. The number of alkyl halides is 3. The summed E-state index contributed by atoms with van der Waals surface area (Å²) in [6, 6.07) is 6.31. The SMILES string of the molecule is COc1cc(C)c(COC(Cc2ccc(Cl)cc2Br)C(F)(F)F)cn1. The Bertz CT molecular complexity index is 740. The zero-order valence-corrected chi connectivity index (χ0v) is 15.9. The van der Waals surface area contributed by atoms with Crippen LogP contribution in [0.2, 0.25) is 5.02 Å². The van der Waals surface area contributed by atoms with Crippen LogP contribution in [0, 0.1) is 6.92 Å². The van der Waals surface area contributed by atoms with Crippen LogP contribution in [0.15, 0.2) is 34.9 Å². The van der Waals surface area contributed by atoms with Gasteiger partial charge in [-0.15, -0.1) is 0 Å². The van der Waals surface area contributed by atoms with Gasteiger partial charge >= 0.3 is 6.18 Å². The average Bonchev–Trinajstić information content (AvgIpc) is 2.53. The number of hydrogen-bond donors (Lipinski definition) is 0. The van der Waals surface area contributed by atoms with Crippen molar-refractivity contribution in [3.63, 3.8) is 0 Å². The fourth-order valence-corrected chi connectivity index (χ4v) is 3.01. The summed E-state index contributed by atoms with van der Waals surface area (Å²) in [7, 11) is 1.47. The number of rotatable bonds is 6. The molecule has 3 nitrogen and oxygen atoms in total. The molecular weight excluding hydrogens is 423 g/mol. The molecule has 1 aromatic heterocycles. The van der Waals surface area contributed by atoms with Crippen LogP contribution in [0.4, 0.5) is 13.2 Å². The van der Waals surface area contributed by atoms with Crippen molar-refractivity contribution in [1.29, 1.82) is 0 Å².